The molecule has 1 aliphatic rings. The highest BCUT2D eigenvalue weighted by Crippen LogP contribution is 2.25. The smallest absolute Gasteiger partial charge is 0.254 e. The van der Waals surface area contributed by atoms with Crippen LogP contribution in [0.15, 0.2) is 43.5 Å². The molecule has 0 fully saturated rings. The molecule has 100 valence electrons. The van der Waals surface area contributed by atoms with Crippen molar-refractivity contribution >= 4 is 5.91 Å². The zero-order valence-electron chi connectivity index (χ0n) is 11.4. The Hall–Kier alpha value is -1.83. The second-order valence-electron chi connectivity index (χ2n) is 4.94. The van der Waals surface area contributed by atoms with Crippen molar-refractivity contribution in [2.75, 3.05) is 13.1 Å². The predicted octanol–water partition coefficient (Wildman–Crippen LogP) is 3.38. The molecule has 2 rings (SSSR count). The van der Waals surface area contributed by atoms with Crippen LogP contribution in [0, 0.1) is 0 Å². The maximum absolute atomic E-state index is 12.6. The van der Waals surface area contributed by atoms with Gasteiger partial charge in [-0.15, -0.1) is 13.2 Å². The second-order valence-corrected chi connectivity index (χ2v) is 4.94. The Morgan fingerprint density at radius 3 is 2.53 bits per heavy atom. The molecule has 0 aromatic heterocycles. The quantitative estimate of drug-likeness (QED) is 0.739. The number of benzene rings is 1. The fourth-order valence-corrected chi connectivity index (χ4v) is 2.70. The standard InChI is InChI=1S/C17H21NO/c1-3-12-18(13-4-2)17(19)16-11-7-9-14-8-5-6-10-15(14)16/h3-4,7,9,11H,1-2,5-6,8,10,12-13H2. The summed E-state index contributed by atoms with van der Waals surface area (Å²) in [7, 11) is 0. The van der Waals surface area contributed by atoms with Crippen molar-refractivity contribution in [1.29, 1.82) is 0 Å². The van der Waals surface area contributed by atoms with Gasteiger partial charge in [-0.05, 0) is 42.9 Å². The molecule has 0 aliphatic heterocycles. The highest BCUT2D eigenvalue weighted by atomic mass is 16.2. The van der Waals surface area contributed by atoms with Crippen molar-refractivity contribution in [1.82, 2.24) is 4.90 Å². The Bertz CT molecular complexity index is 480. The van der Waals surface area contributed by atoms with Crippen molar-refractivity contribution in [3.8, 4) is 0 Å². The van der Waals surface area contributed by atoms with Gasteiger partial charge in [0, 0.05) is 18.7 Å². The lowest BCUT2D eigenvalue weighted by Gasteiger charge is -2.24. The first-order chi connectivity index (χ1) is 9.27. The fraction of sp³-hybridized carbons (Fsp3) is 0.353. The van der Waals surface area contributed by atoms with Crippen LogP contribution < -0.4 is 0 Å². The number of nitrogens with zero attached hydrogens (tertiary/aromatic N) is 1. The van der Waals surface area contributed by atoms with Crippen LogP contribution >= 0.6 is 0 Å². The maximum Gasteiger partial charge on any atom is 0.254 e. The first-order valence-corrected chi connectivity index (χ1v) is 6.89. The monoisotopic (exact) mass is 255 g/mol. The van der Waals surface area contributed by atoms with Gasteiger partial charge in [0.2, 0.25) is 0 Å². The van der Waals surface area contributed by atoms with E-state index in [0.29, 0.717) is 13.1 Å². The van der Waals surface area contributed by atoms with Gasteiger partial charge in [0.15, 0.2) is 0 Å². The molecule has 0 radical (unpaired) electrons. The molecular weight excluding hydrogens is 234 g/mol. The molecule has 1 amide bonds. The highest BCUT2D eigenvalue weighted by molar-refractivity contribution is 5.96. The van der Waals surface area contributed by atoms with Crippen molar-refractivity contribution < 1.29 is 4.79 Å². The molecular formula is C17H21NO. The number of fused-ring (bicyclic) bond motifs is 1. The summed E-state index contributed by atoms with van der Waals surface area (Å²) in [5, 5.41) is 0. The molecule has 0 saturated carbocycles. The van der Waals surface area contributed by atoms with E-state index in [2.05, 4.69) is 19.2 Å². The van der Waals surface area contributed by atoms with Crippen LogP contribution in [0.5, 0.6) is 0 Å². The summed E-state index contributed by atoms with van der Waals surface area (Å²) in [5.41, 5.74) is 3.45. The molecule has 2 nitrogen and oxygen atoms in total. The van der Waals surface area contributed by atoms with Gasteiger partial charge in [-0.25, -0.2) is 0 Å². The van der Waals surface area contributed by atoms with Crippen LogP contribution in [0.1, 0.15) is 34.3 Å². The number of hydrogen-bond donors (Lipinski definition) is 0. The van der Waals surface area contributed by atoms with Crippen LogP contribution in [0.25, 0.3) is 0 Å². The third-order valence-corrected chi connectivity index (χ3v) is 3.61. The molecule has 0 spiro atoms. The topological polar surface area (TPSA) is 20.3 Å². The van der Waals surface area contributed by atoms with E-state index in [9.17, 15) is 4.79 Å². The summed E-state index contributed by atoms with van der Waals surface area (Å²) < 4.78 is 0. The summed E-state index contributed by atoms with van der Waals surface area (Å²) in [6, 6.07) is 6.10. The third kappa shape index (κ3) is 2.95. The lowest BCUT2D eigenvalue weighted by molar-refractivity contribution is 0.0789. The van der Waals surface area contributed by atoms with Crippen LogP contribution in [-0.4, -0.2) is 23.9 Å². The van der Waals surface area contributed by atoms with Crippen LogP contribution in [0.4, 0.5) is 0 Å². The number of amides is 1. The highest BCUT2D eigenvalue weighted by Gasteiger charge is 2.20. The van der Waals surface area contributed by atoms with E-state index in [1.807, 2.05) is 12.1 Å². The van der Waals surface area contributed by atoms with E-state index < -0.39 is 0 Å². The molecule has 0 unspecified atom stereocenters. The molecule has 1 aromatic rings. The van der Waals surface area contributed by atoms with Gasteiger partial charge in [-0.2, -0.15) is 0 Å². The van der Waals surface area contributed by atoms with Crippen LogP contribution in [-0.2, 0) is 12.8 Å². The second kappa shape index (κ2) is 6.37. The van der Waals surface area contributed by atoms with Gasteiger partial charge in [-0.3, -0.25) is 4.79 Å². The Balaban J connectivity index is 2.31. The Morgan fingerprint density at radius 2 is 1.84 bits per heavy atom. The van der Waals surface area contributed by atoms with Crippen molar-refractivity contribution in [2.45, 2.75) is 25.7 Å². The van der Waals surface area contributed by atoms with Gasteiger partial charge < -0.3 is 4.90 Å². The van der Waals surface area contributed by atoms with Crippen molar-refractivity contribution in [3.63, 3.8) is 0 Å². The zero-order valence-corrected chi connectivity index (χ0v) is 11.4. The predicted molar refractivity (Wildman–Crippen MR) is 79.4 cm³/mol. The molecule has 0 heterocycles. The van der Waals surface area contributed by atoms with E-state index in [0.717, 1.165) is 18.4 Å². The van der Waals surface area contributed by atoms with Gasteiger partial charge >= 0.3 is 0 Å². The maximum atomic E-state index is 12.6. The van der Waals surface area contributed by atoms with Gasteiger partial charge in [0.1, 0.15) is 0 Å². The molecule has 0 N–H and O–H groups in total. The summed E-state index contributed by atoms with van der Waals surface area (Å²) in [6.07, 6.45) is 8.05. The number of carbonyl (C=O) groups excluding carboxylic acids is 1. The normalized spacial score (nSPS) is 13.5. The summed E-state index contributed by atoms with van der Waals surface area (Å²) >= 11 is 0. The van der Waals surface area contributed by atoms with Gasteiger partial charge in [0.25, 0.3) is 5.91 Å². The Labute approximate surface area is 115 Å². The van der Waals surface area contributed by atoms with Gasteiger partial charge in [0.05, 0.1) is 0 Å². The minimum atomic E-state index is 0.0959. The van der Waals surface area contributed by atoms with E-state index >= 15 is 0 Å². The minimum absolute atomic E-state index is 0.0959. The zero-order chi connectivity index (χ0) is 13.7. The first kappa shape index (κ1) is 13.6. The van der Waals surface area contributed by atoms with E-state index in [4.69, 9.17) is 0 Å². The fourth-order valence-electron chi connectivity index (χ4n) is 2.70. The third-order valence-electron chi connectivity index (χ3n) is 3.61. The van der Waals surface area contributed by atoms with Crippen LogP contribution in [0.2, 0.25) is 0 Å². The van der Waals surface area contributed by atoms with Gasteiger partial charge in [-0.1, -0.05) is 24.3 Å². The average Bonchev–Trinajstić information content (AvgIpc) is 2.46. The molecule has 0 atom stereocenters. The van der Waals surface area contributed by atoms with E-state index in [1.54, 1.807) is 17.1 Å². The summed E-state index contributed by atoms with van der Waals surface area (Å²) in [5.74, 6) is 0.0959. The molecule has 1 aliphatic carbocycles. The first-order valence-electron chi connectivity index (χ1n) is 6.89. The van der Waals surface area contributed by atoms with E-state index in [-0.39, 0.29) is 5.91 Å². The van der Waals surface area contributed by atoms with Crippen molar-refractivity contribution in [2.24, 2.45) is 0 Å². The number of aryl methyl sites for hydroxylation is 1. The number of hydrogen-bond acceptors (Lipinski definition) is 1. The van der Waals surface area contributed by atoms with Crippen LogP contribution in [0.3, 0.4) is 0 Å². The summed E-state index contributed by atoms with van der Waals surface area (Å²) in [6.45, 7) is 8.56. The Morgan fingerprint density at radius 1 is 1.16 bits per heavy atom. The molecule has 1 aromatic carbocycles. The molecule has 0 bridgehead atoms. The molecule has 0 saturated heterocycles. The van der Waals surface area contributed by atoms with Crippen molar-refractivity contribution in [3.05, 3.63) is 60.2 Å². The average molecular weight is 255 g/mol. The minimum Gasteiger partial charge on any atom is -0.331 e. The molecule has 19 heavy (non-hydrogen) atoms. The number of rotatable bonds is 5. The largest absolute Gasteiger partial charge is 0.331 e. The van der Waals surface area contributed by atoms with E-state index in [1.165, 1.54) is 24.0 Å². The summed E-state index contributed by atoms with van der Waals surface area (Å²) in [4.78, 5) is 14.4. The lowest BCUT2D eigenvalue weighted by Crippen LogP contribution is -2.32. The molecule has 2 heteroatoms. The number of carbonyl (C=O) groups is 1. The lowest BCUT2D eigenvalue weighted by atomic mass is 9.88. The SMILES string of the molecule is C=CCN(CC=C)C(=O)c1cccc2c1CCCC2. The Kier molecular flexibility index (Phi) is 4.56.